The number of aliphatic hydroxyl groups is 4. The Labute approximate surface area is 89.7 Å². The smallest absolute Gasteiger partial charge is 0.437 e. The van der Waals surface area contributed by atoms with E-state index in [0.29, 0.717) is 0 Å². The number of aliphatic hydroxyl groups excluding tert-OH is 4. The van der Waals surface area contributed by atoms with Gasteiger partial charge in [-0.1, -0.05) is 0 Å². The van der Waals surface area contributed by atoms with E-state index in [-0.39, 0.29) is 6.61 Å². The van der Waals surface area contributed by atoms with Crippen molar-refractivity contribution in [3.05, 3.63) is 0 Å². The molecular formula is C8H11NO7. The molecule has 8 heteroatoms. The summed E-state index contributed by atoms with van der Waals surface area (Å²) in [6, 6.07) is 0. The minimum Gasteiger partial charge on any atom is -0.493 e. The van der Waals surface area contributed by atoms with Gasteiger partial charge < -0.3 is 29.9 Å². The Morgan fingerprint density at radius 3 is 2.50 bits per heavy atom. The largest absolute Gasteiger partial charge is 0.493 e. The number of carbonyl (C=O) groups is 1. The summed E-state index contributed by atoms with van der Waals surface area (Å²) in [4.78, 5) is 13.8. The van der Waals surface area contributed by atoms with Crippen LogP contribution in [0.2, 0.25) is 0 Å². The molecule has 8 nitrogen and oxygen atoms in total. The quantitative estimate of drug-likeness (QED) is 0.410. The minimum absolute atomic E-state index is 0.232. The number of ether oxygens (including phenoxy) is 2. The molecule has 0 bridgehead atoms. The van der Waals surface area contributed by atoms with Crippen molar-refractivity contribution in [1.29, 1.82) is 0 Å². The van der Waals surface area contributed by atoms with Crippen LogP contribution in [0, 0.1) is 0 Å². The maximum Gasteiger partial charge on any atom is 0.437 e. The zero-order chi connectivity index (χ0) is 11.9. The van der Waals surface area contributed by atoms with Crippen LogP contribution in [0.1, 0.15) is 0 Å². The Kier molecular flexibility index (Phi) is 2.80. The first kappa shape index (κ1) is 11.3. The summed E-state index contributed by atoms with van der Waals surface area (Å²) >= 11 is 0. The molecule has 1 fully saturated rings. The van der Waals surface area contributed by atoms with E-state index >= 15 is 0 Å². The first-order valence-corrected chi connectivity index (χ1v) is 4.64. The summed E-state index contributed by atoms with van der Waals surface area (Å²) in [5.41, 5.74) is 0. The molecule has 90 valence electrons. The van der Waals surface area contributed by atoms with Crippen LogP contribution >= 0.6 is 0 Å². The number of hydrogen-bond acceptors (Lipinski definition) is 6. The predicted octanol–water partition coefficient (Wildman–Crippen LogP) is -2.06. The third-order valence-electron chi connectivity index (χ3n) is 2.53. The maximum absolute atomic E-state index is 10.7. The van der Waals surface area contributed by atoms with Gasteiger partial charge >= 0.3 is 6.09 Å². The zero-order valence-corrected chi connectivity index (χ0v) is 8.05. The van der Waals surface area contributed by atoms with Crippen LogP contribution < -0.4 is 0 Å². The van der Waals surface area contributed by atoms with Gasteiger partial charge in [-0.2, -0.15) is 0 Å². The SMILES string of the molecule is O=C1N=C(O)C(C2OC[C@@H](O)[C@H](O)[C@H]2O)O1. The van der Waals surface area contributed by atoms with Gasteiger partial charge in [0.15, 0.2) is 0 Å². The average Bonchev–Trinajstić information content (AvgIpc) is 2.55. The molecular weight excluding hydrogens is 222 g/mol. The Morgan fingerprint density at radius 2 is 1.94 bits per heavy atom. The van der Waals surface area contributed by atoms with Crippen molar-refractivity contribution < 1.29 is 34.7 Å². The van der Waals surface area contributed by atoms with Crippen LogP contribution in [0.5, 0.6) is 0 Å². The summed E-state index contributed by atoms with van der Waals surface area (Å²) in [5.74, 6) is -0.613. The number of rotatable bonds is 1. The highest BCUT2D eigenvalue weighted by Crippen LogP contribution is 2.23. The Balaban J connectivity index is 2.11. The van der Waals surface area contributed by atoms with Gasteiger partial charge in [0.1, 0.15) is 24.4 Å². The lowest BCUT2D eigenvalue weighted by atomic mass is 9.96. The van der Waals surface area contributed by atoms with E-state index in [1.165, 1.54) is 0 Å². The van der Waals surface area contributed by atoms with Crippen LogP contribution in [0.4, 0.5) is 4.79 Å². The number of nitrogens with zero attached hydrogens (tertiary/aromatic N) is 1. The standard InChI is InChI=1S/C8H11NO7/c10-2-1-15-5(4(12)3(2)11)6-7(13)9-8(14)16-6/h2-6,10-12H,1H2,(H,9,13,14)/t2-,3+,4-,5?,6?/m1/s1. The number of cyclic esters (lactones) is 1. The number of carbonyl (C=O) groups excluding carboxylic acids is 1. The lowest BCUT2D eigenvalue weighted by Crippen LogP contribution is -2.58. The van der Waals surface area contributed by atoms with Crippen molar-refractivity contribution in [2.45, 2.75) is 30.5 Å². The highest BCUT2D eigenvalue weighted by atomic mass is 16.6. The van der Waals surface area contributed by atoms with Gasteiger partial charge in [0.2, 0.25) is 12.0 Å². The second-order valence-electron chi connectivity index (χ2n) is 3.62. The summed E-state index contributed by atoms with van der Waals surface area (Å²) in [7, 11) is 0. The third kappa shape index (κ3) is 1.76. The molecule has 0 saturated carbocycles. The van der Waals surface area contributed by atoms with Crippen LogP contribution in [0.3, 0.4) is 0 Å². The van der Waals surface area contributed by atoms with Crippen molar-refractivity contribution in [3.8, 4) is 0 Å². The highest BCUT2D eigenvalue weighted by molar-refractivity contribution is 5.95. The molecule has 0 aromatic heterocycles. The second-order valence-corrected chi connectivity index (χ2v) is 3.62. The van der Waals surface area contributed by atoms with E-state index in [1.807, 2.05) is 0 Å². The normalized spacial score (nSPS) is 44.1. The summed E-state index contributed by atoms with van der Waals surface area (Å²) < 4.78 is 9.59. The molecule has 16 heavy (non-hydrogen) atoms. The summed E-state index contributed by atoms with van der Waals surface area (Å²) in [6.07, 6.45) is -7.50. The van der Waals surface area contributed by atoms with Crippen LogP contribution in [0.25, 0.3) is 0 Å². The summed E-state index contributed by atoms with van der Waals surface area (Å²) in [5, 5.41) is 37.4. The van der Waals surface area contributed by atoms with Gasteiger partial charge in [0.05, 0.1) is 6.61 Å². The van der Waals surface area contributed by atoms with E-state index < -0.39 is 42.5 Å². The van der Waals surface area contributed by atoms with E-state index in [1.54, 1.807) is 0 Å². The molecule has 2 aliphatic heterocycles. The Morgan fingerprint density at radius 1 is 1.25 bits per heavy atom. The molecule has 2 aliphatic rings. The molecule has 0 radical (unpaired) electrons. The van der Waals surface area contributed by atoms with Gasteiger partial charge in [0.25, 0.3) is 0 Å². The Bertz CT molecular complexity index is 330. The third-order valence-corrected chi connectivity index (χ3v) is 2.53. The number of amides is 1. The van der Waals surface area contributed by atoms with Crippen LogP contribution in [0.15, 0.2) is 4.99 Å². The van der Waals surface area contributed by atoms with Crippen molar-refractivity contribution >= 4 is 12.0 Å². The number of hydrogen-bond donors (Lipinski definition) is 4. The maximum atomic E-state index is 10.7. The van der Waals surface area contributed by atoms with Crippen molar-refractivity contribution in [2.24, 2.45) is 4.99 Å². The highest BCUT2D eigenvalue weighted by Gasteiger charge is 2.47. The Hall–Kier alpha value is -1.22. The molecule has 2 rings (SSSR count). The lowest BCUT2D eigenvalue weighted by molar-refractivity contribution is -0.202. The molecule has 0 aromatic carbocycles. The van der Waals surface area contributed by atoms with E-state index in [9.17, 15) is 25.2 Å². The fraction of sp³-hybridized carbons (Fsp3) is 0.750. The molecule has 0 aliphatic carbocycles. The molecule has 4 N–H and O–H groups in total. The van der Waals surface area contributed by atoms with Gasteiger partial charge in [-0.3, -0.25) is 0 Å². The van der Waals surface area contributed by atoms with Crippen molar-refractivity contribution in [3.63, 3.8) is 0 Å². The van der Waals surface area contributed by atoms with Gasteiger partial charge in [-0.15, -0.1) is 4.99 Å². The number of aliphatic imine (C=N–C) groups is 1. The fourth-order valence-electron chi connectivity index (χ4n) is 1.65. The second kappa shape index (κ2) is 3.98. The molecule has 0 aromatic rings. The predicted molar refractivity (Wildman–Crippen MR) is 48.1 cm³/mol. The van der Waals surface area contributed by atoms with Gasteiger partial charge in [-0.25, -0.2) is 4.79 Å². The molecule has 0 spiro atoms. The van der Waals surface area contributed by atoms with Crippen molar-refractivity contribution in [1.82, 2.24) is 0 Å². The van der Waals surface area contributed by atoms with Gasteiger partial charge in [-0.05, 0) is 0 Å². The van der Waals surface area contributed by atoms with Gasteiger partial charge in [0, 0.05) is 0 Å². The van der Waals surface area contributed by atoms with E-state index in [4.69, 9.17) is 4.74 Å². The summed E-state index contributed by atoms with van der Waals surface area (Å²) in [6.45, 7) is -0.232. The first-order valence-electron chi connectivity index (χ1n) is 4.64. The van der Waals surface area contributed by atoms with Crippen LogP contribution in [-0.4, -0.2) is 69.5 Å². The zero-order valence-electron chi connectivity index (χ0n) is 8.05. The van der Waals surface area contributed by atoms with Crippen molar-refractivity contribution in [2.75, 3.05) is 6.61 Å². The fourth-order valence-corrected chi connectivity index (χ4v) is 1.65. The molecule has 5 atom stereocenters. The average molecular weight is 233 g/mol. The minimum atomic E-state index is -1.48. The topological polar surface area (TPSA) is 129 Å². The van der Waals surface area contributed by atoms with Crippen LogP contribution in [-0.2, 0) is 9.47 Å². The van der Waals surface area contributed by atoms with E-state index in [0.717, 1.165) is 0 Å². The molecule has 2 heterocycles. The molecule has 1 amide bonds. The monoisotopic (exact) mass is 233 g/mol. The van der Waals surface area contributed by atoms with E-state index in [2.05, 4.69) is 9.73 Å². The molecule has 1 saturated heterocycles. The first-order chi connectivity index (χ1) is 7.50. The molecule has 2 unspecified atom stereocenters. The lowest BCUT2D eigenvalue weighted by Gasteiger charge is -2.36.